The van der Waals surface area contributed by atoms with E-state index in [1.165, 1.54) is 0 Å². The number of benzene rings is 3. The van der Waals surface area contributed by atoms with Crippen molar-refractivity contribution in [2.45, 2.75) is 44.1 Å². The molecule has 0 saturated carbocycles. The summed E-state index contributed by atoms with van der Waals surface area (Å²) in [6.45, 7) is 1.60. The zero-order valence-corrected chi connectivity index (χ0v) is 20.4. The van der Waals surface area contributed by atoms with Gasteiger partial charge in [-0.3, -0.25) is 0 Å². The van der Waals surface area contributed by atoms with E-state index in [1.54, 1.807) is 6.20 Å². The first-order valence-corrected chi connectivity index (χ1v) is 12.3. The largest absolute Gasteiger partial charge is 0.375 e. The molecule has 2 heterocycles. The van der Waals surface area contributed by atoms with E-state index in [0.29, 0.717) is 32.3 Å². The second-order valence-corrected chi connectivity index (χ2v) is 8.93. The number of nitrogens with zero attached hydrogens (tertiary/aromatic N) is 5. The molecule has 1 aromatic heterocycles. The van der Waals surface area contributed by atoms with Crippen LogP contribution in [0.1, 0.15) is 34.6 Å². The molecule has 3 aromatic carbocycles. The van der Waals surface area contributed by atoms with Gasteiger partial charge < -0.3 is 18.8 Å². The first-order chi connectivity index (χ1) is 18.3. The Balaban J connectivity index is 1.44. The highest BCUT2D eigenvalue weighted by molar-refractivity contribution is 5.17. The fourth-order valence-electron chi connectivity index (χ4n) is 4.68. The molecule has 0 unspecified atom stereocenters. The number of fused-ring (bicyclic) bond motifs is 1. The lowest BCUT2D eigenvalue weighted by atomic mass is 9.93. The minimum atomic E-state index is -0.644. The van der Waals surface area contributed by atoms with Crippen molar-refractivity contribution in [1.29, 1.82) is 0 Å². The third-order valence-corrected chi connectivity index (χ3v) is 6.48. The molecular weight excluding hydrogens is 466 g/mol. The van der Waals surface area contributed by atoms with Gasteiger partial charge in [0.2, 0.25) is 0 Å². The van der Waals surface area contributed by atoms with Crippen LogP contribution in [0.25, 0.3) is 10.4 Å². The van der Waals surface area contributed by atoms with Crippen LogP contribution >= 0.6 is 0 Å². The van der Waals surface area contributed by atoms with Gasteiger partial charge in [0.05, 0.1) is 32.5 Å². The average Bonchev–Trinajstić information content (AvgIpc) is 3.44. The molecule has 4 atom stereocenters. The monoisotopic (exact) mass is 495 g/mol. The molecule has 0 N–H and O–H groups in total. The van der Waals surface area contributed by atoms with Crippen LogP contribution in [-0.2, 0) is 34.0 Å². The molecule has 1 aliphatic rings. The Morgan fingerprint density at radius 3 is 1.86 bits per heavy atom. The van der Waals surface area contributed by atoms with Gasteiger partial charge in [-0.15, -0.1) is 0 Å². The predicted molar refractivity (Wildman–Crippen MR) is 139 cm³/mol. The van der Waals surface area contributed by atoms with Crippen molar-refractivity contribution >= 4 is 0 Å². The quantitative estimate of drug-likeness (QED) is 0.141. The lowest BCUT2D eigenvalue weighted by molar-refractivity contribution is -0.138. The van der Waals surface area contributed by atoms with Gasteiger partial charge in [-0.05, 0) is 22.2 Å². The summed E-state index contributed by atoms with van der Waals surface area (Å²) >= 11 is 0. The van der Waals surface area contributed by atoms with Gasteiger partial charge in [-0.25, -0.2) is 4.98 Å². The van der Waals surface area contributed by atoms with Gasteiger partial charge in [0.25, 0.3) is 0 Å². The van der Waals surface area contributed by atoms with Crippen LogP contribution in [0.3, 0.4) is 0 Å². The maximum absolute atomic E-state index is 9.41. The summed E-state index contributed by atoms with van der Waals surface area (Å²) in [5.41, 5.74) is 12.6. The second kappa shape index (κ2) is 12.3. The molecule has 0 spiro atoms. The molecular formula is C29H29N5O3. The number of hydrogen-bond donors (Lipinski definition) is 0. The molecule has 1 aliphatic heterocycles. The Morgan fingerprint density at radius 1 is 0.757 bits per heavy atom. The number of hydrogen-bond acceptors (Lipinski definition) is 5. The van der Waals surface area contributed by atoms with E-state index in [9.17, 15) is 5.53 Å². The van der Waals surface area contributed by atoms with Crippen molar-refractivity contribution in [3.63, 3.8) is 0 Å². The molecule has 0 amide bonds. The third kappa shape index (κ3) is 6.07. The number of imidazole rings is 1. The zero-order chi connectivity index (χ0) is 25.3. The summed E-state index contributed by atoms with van der Waals surface area (Å²) in [6, 6.07) is 29.1. The van der Waals surface area contributed by atoms with E-state index in [0.717, 1.165) is 16.7 Å². The number of azide groups is 1. The summed E-state index contributed by atoms with van der Waals surface area (Å²) in [6.07, 6.45) is 2.60. The fourth-order valence-corrected chi connectivity index (χ4v) is 4.68. The number of rotatable bonds is 11. The van der Waals surface area contributed by atoms with Crippen LogP contribution < -0.4 is 0 Å². The van der Waals surface area contributed by atoms with Crippen LogP contribution in [0.5, 0.6) is 0 Å². The Morgan fingerprint density at radius 2 is 1.30 bits per heavy atom. The van der Waals surface area contributed by atoms with E-state index < -0.39 is 18.2 Å². The van der Waals surface area contributed by atoms with E-state index in [1.807, 2.05) is 102 Å². The highest BCUT2D eigenvalue weighted by atomic mass is 16.5. The van der Waals surface area contributed by atoms with E-state index in [2.05, 4.69) is 15.0 Å². The molecule has 0 bridgehead atoms. The molecule has 0 radical (unpaired) electrons. The second-order valence-electron chi connectivity index (χ2n) is 8.93. The van der Waals surface area contributed by atoms with E-state index in [-0.39, 0.29) is 6.04 Å². The lowest BCUT2D eigenvalue weighted by Gasteiger charge is -2.41. The molecule has 0 saturated heterocycles. The molecule has 0 fully saturated rings. The first kappa shape index (κ1) is 24.7. The number of ether oxygens (including phenoxy) is 3. The Bertz CT molecular complexity index is 1290. The summed E-state index contributed by atoms with van der Waals surface area (Å²) < 4.78 is 21.2. The maximum Gasteiger partial charge on any atom is 0.124 e. The molecule has 0 aliphatic carbocycles. The van der Waals surface area contributed by atoms with Crippen molar-refractivity contribution < 1.29 is 14.2 Å². The Labute approximate surface area is 216 Å². The van der Waals surface area contributed by atoms with Crippen molar-refractivity contribution in [3.05, 3.63) is 136 Å². The Kier molecular flexibility index (Phi) is 8.25. The van der Waals surface area contributed by atoms with Gasteiger partial charge in [0.1, 0.15) is 24.1 Å². The maximum atomic E-state index is 9.41. The standard InChI is InChI=1S/C29H29N5O3/c30-33-32-26-28(37-20-24-14-8-3-9-15-24)27(36-19-23-12-6-2-7-13-23)25(34-17-16-31-29(26)34)21-35-18-22-10-4-1-5-11-22/h1-17,25-28H,18-21H2/t25-,26+,27-,28-/m1/s1. The number of aromatic nitrogens is 2. The van der Waals surface area contributed by atoms with Crippen molar-refractivity contribution in [1.82, 2.24) is 9.55 Å². The first-order valence-electron chi connectivity index (χ1n) is 12.3. The van der Waals surface area contributed by atoms with Crippen molar-refractivity contribution in [2.75, 3.05) is 6.61 Å². The molecule has 5 rings (SSSR count). The molecule has 8 nitrogen and oxygen atoms in total. The van der Waals surface area contributed by atoms with Crippen LogP contribution in [0.4, 0.5) is 0 Å². The highest BCUT2D eigenvalue weighted by Crippen LogP contribution is 2.39. The van der Waals surface area contributed by atoms with Gasteiger partial charge in [-0.2, -0.15) is 0 Å². The normalized spacial score (nSPS) is 20.6. The van der Waals surface area contributed by atoms with Crippen LogP contribution in [0, 0.1) is 0 Å². The summed E-state index contributed by atoms with van der Waals surface area (Å²) in [7, 11) is 0. The van der Waals surface area contributed by atoms with Gasteiger partial charge in [0.15, 0.2) is 0 Å². The lowest BCUT2D eigenvalue weighted by Crippen LogP contribution is -2.48. The van der Waals surface area contributed by atoms with E-state index >= 15 is 0 Å². The average molecular weight is 496 g/mol. The smallest absolute Gasteiger partial charge is 0.124 e. The van der Waals surface area contributed by atoms with Crippen molar-refractivity contribution in [2.24, 2.45) is 5.11 Å². The molecule has 4 aromatic rings. The van der Waals surface area contributed by atoms with Crippen LogP contribution in [-0.4, -0.2) is 28.4 Å². The topological polar surface area (TPSA) is 94.3 Å². The van der Waals surface area contributed by atoms with Crippen molar-refractivity contribution in [3.8, 4) is 0 Å². The highest BCUT2D eigenvalue weighted by Gasteiger charge is 2.45. The minimum absolute atomic E-state index is 0.226. The van der Waals surface area contributed by atoms with Gasteiger partial charge in [0, 0.05) is 17.3 Å². The van der Waals surface area contributed by atoms with Gasteiger partial charge in [-0.1, -0.05) is 96.1 Å². The van der Waals surface area contributed by atoms with Crippen LogP contribution in [0.15, 0.2) is 109 Å². The van der Waals surface area contributed by atoms with Crippen LogP contribution in [0.2, 0.25) is 0 Å². The molecule has 188 valence electrons. The summed E-state index contributed by atoms with van der Waals surface area (Å²) in [5.74, 6) is 0.642. The fraction of sp³-hybridized carbons (Fsp3) is 0.276. The Hall–Kier alpha value is -3.94. The summed E-state index contributed by atoms with van der Waals surface area (Å²) in [4.78, 5) is 7.67. The zero-order valence-electron chi connectivity index (χ0n) is 20.4. The molecule has 8 heteroatoms. The predicted octanol–water partition coefficient (Wildman–Crippen LogP) is 6.18. The minimum Gasteiger partial charge on any atom is -0.375 e. The van der Waals surface area contributed by atoms with E-state index in [4.69, 9.17) is 14.2 Å². The SMILES string of the molecule is [N-]=[N+]=N[C@@H]1c2nccn2[C@H](COCc2ccccc2)[C@@H](OCc2ccccc2)[C@@H]1OCc1ccccc1. The van der Waals surface area contributed by atoms with Gasteiger partial charge >= 0.3 is 0 Å². The summed E-state index contributed by atoms with van der Waals surface area (Å²) in [5, 5.41) is 4.11. The molecule has 37 heavy (non-hydrogen) atoms. The third-order valence-electron chi connectivity index (χ3n) is 6.48.